The van der Waals surface area contributed by atoms with Gasteiger partial charge in [-0.15, -0.1) is 0 Å². The molecule has 8 heteroatoms. The predicted octanol–water partition coefficient (Wildman–Crippen LogP) is 3.25. The zero-order valence-corrected chi connectivity index (χ0v) is 17.0. The molecule has 156 valence electrons. The van der Waals surface area contributed by atoms with Gasteiger partial charge in [-0.1, -0.05) is 6.07 Å². The SMILES string of the molecule is CCOC(=O)c1cccc(Nc2ccc(OC)cc2OCCN(C)C)c1C(=O)O. The summed E-state index contributed by atoms with van der Waals surface area (Å²) < 4.78 is 16.1. The standard InChI is InChI=1S/C21H26N2O6/c1-5-28-21(26)15-7-6-8-17(19(15)20(24)25)22-16-10-9-14(27-4)13-18(16)29-12-11-23(2)3/h6-10,13,22H,5,11-12H2,1-4H3,(H,24,25). The zero-order chi connectivity index (χ0) is 21.4. The van der Waals surface area contributed by atoms with Gasteiger partial charge in [-0.3, -0.25) is 0 Å². The van der Waals surface area contributed by atoms with Gasteiger partial charge in [0.1, 0.15) is 18.1 Å². The number of nitrogens with one attached hydrogen (secondary N) is 1. The minimum atomic E-state index is -1.24. The van der Waals surface area contributed by atoms with Crippen molar-refractivity contribution in [3.8, 4) is 11.5 Å². The fourth-order valence-corrected chi connectivity index (χ4v) is 2.60. The topological polar surface area (TPSA) is 97.3 Å². The van der Waals surface area contributed by atoms with Gasteiger partial charge in [0.25, 0.3) is 0 Å². The summed E-state index contributed by atoms with van der Waals surface area (Å²) in [6.45, 7) is 2.95. The number of likely N-dealkylation sites (N-methyl/N-ethyl adjacent to an activating group) is 1. The number of carbonyl (C=O) groups excluding carboxylic acids is 1. The molecule has 0 atom stereocenters. The first-order chi connectivity index (χ1) is 13.9. The van der Waals surface area contributed by atoms with Crippen LogP contribution in [0.4, 0.5) is 11.4 Å². The van der Waals surface area contributed by atoms with Crippen LogP contribution in [0.3, 0.4) is 0 Å². The van der Waals surface area contributed by atoms with Gasteiger partial charge < -0.3 is 29.5 Å². The molecule has 0 fully saturated rings. The van der Waals surface area contributed by atoms with Gasteiger partial charge in [0.2, 0.25) is 0 Å². The van der Waals surface area contributed by atoms with Gasteiger partial charge in [-0.05, 0) is 45.3 Å². The number of rotatable bonds is 10. The van der Waals surface area contributed by atoms with E-state index in [0.717, 1.165) is 0 Å². The van der Waals surface area contributed by atoms with Crippen LogP contribution in [-0.2, 0) is 4.74 Å². The van der Waals surface area contributed by atoms with E-state index in [1.165, 1.54) is 6.07 Å². The van der Waals surface area contributed by atoms with Gasteiger partial charge in [0, 0.05) is 12.6 Å². The first-order valence-corrected chi connectivity index (χ1v) is 9.13. The fraction of sp³-hybridized carbons (Fsp3) is 0.333. The number of methoxy groups -OCH3 is 1. The van der Waals surface area contributed by atoms with E-state index >= 15 is 0 Å². The van der Waals surface area contributed by atoms with Gasteiger partial charge in [-0.2, -0.15) is 0 Å². The van der Waals surface area contributed by atoms with Crippen LogP contribution in [-0.4, -0.2) is 62.9 Å². The summed E-state index contributed by atoms with van der Waals surface area (Å²) in [5.41, 5.74) is 0.618. The number of aromatic carboxylic acids is 1. The molecule has 8 nitrogen and oxygen atoms in total. The van der Waals surface area contributed by atoms with Crippen LogP contribution >= 0.6 is 0 Å². The van der Waals surface area contributed by atoms with Gasteiger partial charge >= 0.3 is 11.9 Å². The monoisotopic (exact) mass is 402 g/mol. The molecule has 0 aliphatic carbocycles. The maximum Gasteiger partial charge on any atom is 0.339 e. The Morgan fingerprint density at radius 1 is 1.14 bits per heavy atom. The van der Waals surface area contributed by atoms with Crippen LogP contribution in [0, 0.1) is 0 Å². The number of esters is 1. The molecule has 0 radical (unpaired) electrons. The van der Waals surface area contributed by atoms with E-state index < -0.39 is 11.9 Å². The summed E-state index contributed by atoms with van der Waals surface area (Å²) in [6, 6.07) is 9.78. The van der Waals surface area contributed by atoms with Crippen molar-refractivity contribution >= 4 is 23.3 Å². The number of benzene rings is 2. The summed E-state index contributed by atoms with van der Waals surface area (Å²) in [5, 5.41) is 12.8. The number of anilines is 2. The Morgan fingerprint density at radius 2 is 1.90 bits per heavy atom. The van der Waals surface area contributed by atoms with Crippen LogP contribution in [0.25, 0.3) is 0 Å². The largest absolute Gasteiger partial charge is 0.497 e. The molecule has 29 heavy (non-hydrogen) atoms. The lowest BCUT2D eigenvalue weighted by Crippen LogP contribution is -2.19. The second-order valence-corrected chi connectivity index (χ2v) is 6.39. The highest BCUT2D eigenvalue weighted by Gasteiger charge is 2.22. The van der Waals surface area contributed by atoms with Crippen molar-refractivity contribution in [2.45, 2.75) is 6.92 Å². The van der Waals surface area contributed by atoms with Crippen LogP contribution in [0.2, 0.25) is 0 Å². The molecule has 2 rings (SSSR count). The molecule has 0 spiro atoms. The fourth-order valence-electron chi connectivity index (χ4n) is 2.60. The molecule has 0 heterocycles. The smallest absolute Gasteiger partial charge is 0.339 e. The van der Waals surface area contributed by atoms with E-state index in [-0.39, 0.29) is 23.4 Å². The van der Waals surface area contributed by atoms with Crippen LogP contribution < -0.4 is 14.8 Å². The number of carboxylic acids is 1. The summed E-state index contributed by atoms with van der Waals surface area (Å²) >= 11 is 0. The second kappa shape index (κ2) is 10.3. The number of nitrogens with zero attached hydrogens (tertiary/aromatic N) is 1. The van der Waals surface area contributed by atoms with Crippen molar-refractivity contribution in [1.29, 1.82) is 0 Å². The molecule has 0 aliphatic rings. The molecule has 0 saturated carbocycles. The van der Waals surface area contributed by atoms with Crippen LogP contribution in [0.5, 0.6) is 11.5 Å². The van der Waals surface area contributed by atoms with Crippen molar-refractivity contribution in [2.24, 2.45) is 0 Å². The number of carboxylic acid groups (broad SMARTS) is 1. The molecule has 2 N–H and O–H groups in total. The number of hydrogen-bond acceptors (Lipinski definition) is 7. The Morgan fingerprint density at radius 3 is 2.52 bits per heavy atom. The van der Waals surface area contributed by atoms with Gasteiger partial charge in [0.15, 0.2) is 0 Å². The highest BCUT2D eigenvalue weighted by molar-refractivity contribution is 6.07. The van der Waals surface area contributed by atoms with Gasteiger partial charge in [0.05, 0.1) is 36.2 Å². The molecule has 2 aromatic rings. The lowest BCUT2D eigenvalue weighted by molar-refractivity contribution is 0.0515. The maximum atomic E-state index is 12.2. The van der Waals surface area contributed by atoms with E-state index in [0.29, 0.717) is 30.3 Å². The summed E-state index contributed by atoms with van der Waals surface area (Å²) in [7, 11) is 5.43. The van der Waals surface area contributed by atoms with Crippen LogP contribution in [0.1, 0.15) is 27.6 Å². The first kappa shape index (κ1) is 22.0. The highest BCUT2D eigenvalue weighted by atomic mass is 16.5. The third kappa shape index (κ3) is 5.86. The number of hydrogen-bond donors (Lipinski definition) is 2. The molecular weight excluding hydrogens is 376 g/mol. The second-order valence-electron chi connectivity index (χ2n) is 6.39. The molecule has 0 amide bonds. The predicted molar refractivity (Wildman–Crippen MR) is 110 cm³/mol. The highest BCUT2D eigenvalue weighted by Crippen LogP contribution is 2.33. The Balaban J connectivity index is 2.41. The average Bonchev–Trinajstić information content (AvgIpc) is 2.68. The lowest BCUT2D eigenvalue weighted by Gasteiger charge is -2.18. The normalized spacial score (nSPS) is 10.5. The molecule has 0 saturated heterocycles. The van der Waals surface area contributed by atoms with Crippen LogP contribution in [0.15, 0.2) is 36.4 Å². The summed E-state index contributed by atoms with van der Waals surface area (Å²) in [5.74, 6) is -0.816. The van der Waals surface area contributed by atoms with Crippen molar-refractivity contribution in [3.05, 3.63) is 47.5 Å². The van der Waals surface area contributed by atoms with Crippen molar-refractivity contribution in [2.75, 3.05) is 46.3 Å². The molecular formula is C21H26N2O6. The molecule has 0 unspecified atom stereocenters. The summed E-state index contributed by atoms with van der Waals surface area (Å²) in [6.07, 6.45) is 0. The third-order valence-electron chi connectivity index (χ3n) is 4.03. The Hall–Kier alpha value is -3.26. The maximum absolute atomic E-state index is 12.2. The van der Waals surface area contributed by atoms with E-state index in [9.17, 15) is 14.7 Å². The number of carbonyl (C=O) groups is 2. The van der Waals surface area contributed by atoms with E-state index in [2.05, 4.69) is 5.32 Å². The molecule has 2 aromatic carbocycles. The molecule has 0 aliphatic heterocycles. The molecule has 0 aromatic heterocycles. The summed E-state index contributed by atoms with van der Waals surface area (Å²) in [4.78, 5) is 26.0. The van der Waals surface area contributed by atoms with Crippen molar-refractivity contribution in [1.82, 2.24) is 4.90 Å². The van der Waals surface area contributed by atoms with E-state index in [4.69, 9.17) is 14.2 Å². The Labute approximate surface area is 170 Å². The first-order valence-electron chi connectivity index (χ1n) is 9.13. The molecule has 0 bridgehead atoms. The number of ether oxygens (including phenoxy) is 3. The Bertz CT molecular complexity index is 866. The van der Waals surface area contributed by atoms with E-state index in [1.54, 1.807) is 44.4 Å². The van der Waals surface area contributed by atoms with Gasteiger partial charge in [-0.25, -0.2) is 9.59 Å². The van der Waals surface area contributed by atoms with Crippen molar-refractivity contribution < 1.29 is 28.9 Å². The average molecular weight is 402 g/mol. The Kier molecular flexibility index (Phi) is 7.85. The van der Waals surface area contributed by atoms with E-state index in [1.807, 2.05) is 19.0 Å². The third-order valence-corrected chi connectivity index (χ3v) is 4.03. The minimum absolute atomic E-state index is 0.0204. The lowest BCUT2D eigenvalue weighted by atomic mass is 10.0. The zero-order valence-electron chi connectivity index (χ0n) is 17.0. The van der Waals surface area contributed by atoms with Crippen molar-refractivity contribution in [3.63, 3.8) is 0 Å². The minimum Gasteiger partial charge on any atom is -0.497 e. The quantitative estimate of drug-likeness (QED) is 0.585.